The Hall–Kier alpha value is -2.82. The summed E-state index contributed by atoms with van der Waals surface area (Å²) in [6, 6.07) is 15.1. The predicted octanol–water partition coefficient (Wildman–Crippen LogP) is 3.00. The molecule has 0 radical (unpaired) electrons. The summed E-state index contributed by atoms with van der Waals surface area (Å²) < 4.78 is 5.37. The van der Waals surface area contributed by atoms with Gasteiger partial charge in [-0.15, -0.1) is 0 Å². The van der Waals surface area contributed by atoms with Crippen LogP contribution in [0, 0.1) is 12.8 Å². The molecule has 1 atom stereocenters. The van der Waals surface area contributed by atoms with Crippen molar-refractivity contribution in [2.75, 3.05) is 13.2 Å². The second-order valence-corrected chi connectivity index (χ2v) is 6.29. The zero-order valence-corrected chi connectivity index (χ0v) is 15.2. The number of rotatable bonds is 9. The number of benzene rings is 2. The van der Waals surface area contributed by atoms with Crippen molar-refractivity contribution in [2.45, 2.75) is 26.7 Å². The van der Waals surface area contributed by atoms with Crippen molar-refractivity contribution in [3.05, 3.63) is 65.2 Å². The summed E-state index contributed by atoms with van der Waals surface area (Å²) in [6.07, 6.45) is 0.601. The van der Waals surface area contributed by atoms with E-state index in [4.69, 9.17) is 4.74 Å². The van der Waals surface area contributed by atoms with Crippen LogP contribution in [0.15, 0.2) is 48.5 Å². The lowest BCUT2D eigenvalue weighted by atomic mass is 9.98. The van der Waals surface area contributed by atoms with Gasteiger partial charge in [0.2, 0.25) is 5.91 Å². The quantitative estimate of drug-likeness (QED) is 0.725. The number of ether oxygens (including phenoxy) is 1. The summed E-state index contributed by atoms with van der Waals surface area (Å²) >= 11 is 0. The van der Waals surface area contributed by atoms with Crippen LogP contribution in [0.3, 0.4) is 0 Å². The Balaban J connectivity index is 1.87. The third kappa shape index (κ3) is 6.24. The number of carbonyl (C=O) groups excluding carboxylic acids is 1. The van der Waals surface area contributed by atoms with Gasteiger partial charge in [-0.05, 0) is 43.5 Å². The van der Waals surface area contributed by atoms with E-state index in [1.807, 2.05) is 62.4 Å². The zero-order chi connectivity index (χ0) is 18.9. The first-order chi connectivity index (χ1) is 12.5. The smallest absolute Gasteiger partial charge is 0.308 e. The maximum Gasteiger partial charge on any atom is 0.308 e. The summed E-state index contributed by atoms with van der Waals surface area (Å²) in [5, 5.41) is 12.2. The molecule has 1 amide bonds. The number of amides is 1. The second kappa shape index (κ2) is 9.61. The largest absolute Gasteiger partial charge is 0.494 e. The monoisotopic (exact) mass is 355 g/mol. The number of aliphatic carboxylic acids is 1. The second-order valence-electron chi connectivity index (χ2n) is 6.29. The first kappa shape index (κ1) is 19.5. The van der Waals surface area contributed by atoms with Crippen molar-refractivity contribution >= 4 is 11.9 Å². The fraction of sp³-hybridized carbons (Fsp3) is 0.333. The minimum absolute atomic E-state index is 0.110. The van der Waals surface area contributed by atoms with Gasteiger partial charge in [-0.25, -0.2) is 0 Å². The Morgan fingerprint density at radius 1 is 1.12 bits per heavy atom. The van der Waals surface area contributed by atoms with Crippen molar-refractivity contribution in [3.63, 3.8) is 0 Å². The number of hydrogen-bond donors (Lipinski definition) is 2. The Kier molecular flexibility index (Phi) is 7.21. The van der Waals surface area contributed by atoms with E-state index in [1.54, 1.807) is 0 Å². The number of nitrogens with one attached hydrogen (secondary N) is 1. The van der Waals surface area contributed by atoms with Gasteiger partial charge in [-0.1, -0.05) is 42.0 Å². The molecular weight excluding hydrogens is 330 g/mol. The number of carboxylic acids is 1. The minimum atomic E-state index is -0.909. The van der Waals surface area contributed by atoms with E-state index < -0.39 is 11.9 Å². The summed E-state index contributed by atoms with van der Waals surface area (Å²) in [6.45, 7) is 4.59. The van der Waals surface area contributed by atoms with Crippen LogP contribution in [-0.2, 0) is 22.4 Å². The average molecular weight is 355 g/mol. The van der Waals surface area contributed by atoms with Gasteiger partial charge in [0.15, 0.2) is 0 Å². The lowest BCUT2D eigenvalue weighted by molar-refractivity contribution is -0.141. The fourth-order valence-corrected chi connectivity index (χ4v) is 2.73. The molecule has 5 heteroatoms. The lowest BCUT2D eigenvalue weighted by Crippen LogP contribution is -2.34. The van der Waals surface area contributed by atoms with Crippen molar-refractivity contribution in [1.82, 2.24) is 5.32 Å². The molecule has 5 nitrogen and oxygen atoms in total. The predicted molar refractivity (Wildman–Crippen MR) is 100 cm³/mol. The molecule has 1 unspecified atom stereocenters. The first-order valence-corrected chi connectivity index (χ1v) is 8.74. The number of aryl methyl sites for hydroxylation is 1. The van der Waals surface area contributed by atoms with Crippen LogP contribution < -0.4 is 10.1 Å². The summed E-state index contributed by atoms with van der Waals surface area (Å²) in [5.41, 5.74) is 2.90. The molecule has 0 aromatic heterocycles. The van der Waals surface area contributed by atoms with E-state index in [-0.39, 0.29) is 18.9 Å². The maximum absolute atomic E-state index is 12.1. The van der Waals surface area contributed by atoms with Gasteiger partial charge in [0.1, 0.15) is 5.75 Å². The Labute approximate surface area is 154 Å². The van der Waals surface area contributed by atoms with Crippen LogP contribution in [0.4, 0.5) is 0 Å². The molecule has 2 aromatic rings. The summed E-state index contributed by atoms with van der Waals surface area (Å²) in [7, 11) is 0. The average Bonchev–Trinajstić information content (AvgIpc) is 2.60. The van der Waals surface area contributed by atoms with Crippen LogP contribution in [-0.4, -0.2) is 30.1 Å². The highest BCUT2D eigenvalue weighted by atomic mass is 16.5. The molecule has 0 aliphatic heterocycles. The molecule has 0 aliphatic carbocycles. The van der Waals surface area contributed by atoms with Crippen LogP contribution in [0.5, 0.6) is 5.75 Å². The highest BCUT2D eigenvalue weighted by Crippen LogP contribution is 2.13. The molecule has 0 fully saturated rings. The zero-order valence-electron chi connectivity index (χ0n) is 15.2. The third-order valence-electron chi connectivity index (χ3n) is 4.06. The van der Waals surface area contributed by atoms with Gasteiger partial charge >= 0.3 is 5.97 Å². The highest BCUT2D eigenvalue weighted by molar-refractivity contribution is 5.79. The first-order valence-electron chi connectivity index (χ1n) is 8.74. The van der Waals surface area contributed by atoms with Gasteiger partial charge in [-0.2, -0.15) is 0 Å². The van der Waals surface area contributed by atoms with Gasteiger partial charge in [0.05, 0.1) is 18.9 Å². The number of carbonyl (C=O) groups is 2. The molecule has 2 rings (SSSR count). The topological polar surface area (TPSA) is 75.6 Å². The van der Waals surface area contributed by atoms with Gasteiger partial charge < -0.3 is 15.2 Å². The third-order valence-corrected chi connectivity index (χ3v) is 4.06. The van der Waals surface area contributed by atoms with Crippen molar-refractivity contribution in [3.8, 4) is 5.75 Å². The van der Waals surface area contributed by atoms with Gasteiger partial charge in [0, 0.05) is 6.54 Å². The molecule has 0 bridgehead atoms. The molecule has 0 aliphatic rings. The van der Waals surface area contributed by atoms with E-state index in [1.165, 1.54) is 0 Å². The fourth-order valence-electron chi connectivity index (χ4n) is 2.73. The molecular formula is C21H25NO4. The Morgan fingerprint density at radius 3 is 2.46 bits per heavy atom. The molecule has 0 heterocycles. The standard InChI is InChI=1S/C21H25NO4/c1-3-26-19-9-7-16(8-10-19)13-20(23)22-14-18(21(24)25)12-17-6-4-5-15(2)11-17/h4-11,18H,3,12-14H2,1-2H3,(H,22,23)(H,24,25). The highest BCUT2D eigenvalue weighted by Gasteiger charge is 2.19. The lowest BCUT2D eigenvalue weighted by Gasteiger charge is -2.14. The molecule has 0 spiro atoms. The molecule has 2 N–H and O–H groups in total. The normalized spacial score (nSPS) is 11.6. The molecule has 26 heavy (non-hydrogen) atoms. The maximum atomic E-state index is 12.1. The Bertz CT molecular complexity index is 740. The van der Waals surface area contributed by atoms with Gasteiger partial charge in [-0.3, -0.25) is 9.59 Å². The number of hydrogen-bond acceptors (Lipinski definition) is 3. The minimum Gasteiger partial charge on any atom is -0.494 e. The Morgan fingerprint density at radius 2 is 1.85 bits per heavy atom. The van der Waals surface area contributed by atoms with Crippen LogP contribution in [0.2, 0.25) is 0 Å². The van der Waals surface area contributed by atoms with Crippen molar-refractivity contribution in [2.24, 2.45) is 5.92 Å². The van der Waals surface area contributed by atoms with E-state index in [0.29, 0.717) is 13.0 Å². The van der Waals surface area contributed by atoms with Crippen LogP contribution in [0.25, 0.3) is 0 Å². The van der Waals surface area contributed by atoms with Crippen LogP contribution in [0.1, 0.15) is 23.6 Å². The van der Waals surface area contributed by atoms with Crippen molar-refractivity contribution < 1.29 is 19.4 Å². The van der Waals surface area contributed by atoms with E-state index in [2.05, 4.69) is 5.32 Å². The van der Waals surface area contributed by atoms with Gasteiger partial charge in [0.25, 0.3) is 0 Å². The number of carboxylic acid groups (broad SMARTS) is 1. The van der Waals surface area contributed by atoms with E-state index >= 15 is 0 Å². The molecule has 0 saturated carbocycles. The van der Waals surface area contributed by atoms with E-state index in [9.17, 15) is 14.7 Å². The molecule has 0 saturated heterocycles. The SMILES string of the molecule is CCOc1ccc(CC(=O)NCC(Cc2cccc(C)c2)C(=O)O)cc1. The molecule has 2 aromatic carbocycles. The van der Waals surface area contributed by atoms with E-state index in [0.717, 1.165) is 22.4 Å². The molecule has 138 valence electrons. The van der Waals surface area contributed by atoms with Crippen molar-refractivity contribution in [1.29, 1.82) is 0 Å². The summed E-state index contributed by atoms with van der Waals surface area (Å²) in [4.78, 5) is 23.6. The summed E-state index contributed by atoms with van der Waals surface area (Å²) in [5.74, 6) is -0.987. The van der Waals surface area contributed by atoms with Crippen LogP contribution >= 0.6 is 0 Å².